The summed E-state index contributed by atoms with van der Waals surface area (Å²) in [6.07, 6.45) is 0.111. The largest absolute Gasteiger partial charge is 0.434 e. The van der Waals surface area contributed by atoms with Crippen molar-refractivity contribution < 1.29 is 9.53 Å². The van der Waals surface area contributed by atoms with Crippen LogP contribution in [0.15, 0.2) is 57.3 Å². The highest BCUT2D eigenvalue weighted by Gasteiger charge is 2.25. The van der Waals surface area contributed by atoms with Crippen LogP contribution < -0.4 is 31.9 Å². The highest BCUT2D eigenvalue weighted by Crippen LogP contribution is 2.39. The molecule has 0 aliphatic carbocycles. The molecule has 0 spiro atoms. The third-order valence-corrected chi connectivity index (χ3v) is 4.93. The average molecular weight is 489 g/mol. The van der Waals surface area contributed by atoms with Crippen molar-refractivity contribution in [3.63, 3.8) is 0 Å². The van der Waals surface area contributed by atoms with Gasteiger partial charge in [-0.05, 0) is 18.2 Å². The number of aromatic amines is 2. The van der Waals surface area contributed by atoms with Crippen molar-refractivity contribution >= 4 is 40.8 Å². The van der Waals surface area contributed by atoms with Gasteiger partial charge in [-0.1, -0.05) is 29.8 Å². The van der Waals surface area contributed by atoms with E-state index in [2.05, 4.69) is 37.4 Å². The molecule has 14 heteroatoms. The number of nitrogens with zero attached hydrogens (tertiary/aromatic N) is 4. The number of carbonyl (C=O) groups excluding carboxylic acids is 1. The summed E-state index contributed by atoms with van der Waals surface area (Å²) < 4.78 is 5.68. The molecule has 0 saturated heterocycles. The van der Waals surface area contributed by atoms with Crippen LogP contribution in [0, 0.1) is 0 Å². The number of hydrogen-bond donors (Lipinski definition) is 4. The Labute approximate surface area is 194 Å². The smallest absolute Gasteiger partial charge is 0.347 e. The van der Waals surface area contributed by atoms with Crippen LogP contribution in [0.2, 0.25) is 10.0 Å². The van der Waals surface area contributed by atoms with E-state index in [4.69, 9.17) is 33.7 Å². The first-order chi connectivity index (χ1) is 15.7. The third-order valence-electron chi connectivity index (χ3n) is 4.37. The molecule has 0 unspecified atom stereocenters. The highest BCUT2D eigenvalue weighted by molar-refractivity contribution is 6.37. The number of nitrogens with two attached hydrogens (primary N) is 1. The zero-order valence-corrected chi connectivity index (χ0v) is 18.1. The Kier molecular flexibility index (Phi) is 5.85. The van der Waals surface area contributed by atoms with Gasteiger partial charge in [0.2, 0.25) is 5.88 Å². The van der Waals surface area contributed by atoms with Crippen LogP contribution in [0.4, 0.5) is 10.5 Å². The molecule has 1 aromatic carbocycles. The number of ether oxygens (including phenoxy) is 1. The number of rotatable bonds is 5. The third kappa shape index (κ3) is 4.71. The first-order valence-corrected chi connectivity index (χ1v) is 9.91. The van der Waals surface area contributed by atoms with Crippen molar-refractivity contribution in [3.05, 3.63) is 84.6 Å². The van der Waals surface area contributed by atoms with Crippen molar-refractivity contribution in [1.82, 2.24) is 25.7 Å². The summed E-state index contributed by atoms with van der Waals surface area (Å²) in [5.74, 6) is 0.0532. The molecule has 0 saturated carbocycles. The second-order valence-corrected chi connectivity index (χ2v) is 7.51. The van der Waals surface area contributed by atoms with Gasteiger partial charge >= 0.3 is 6.03 Å². The summed E-state index contributed by atoms with van der Waals surface area (Å²) in [5, 5.41) is 19.8. The Balaban J connectivity index is 1.61. The number of aromatic nitrogens is 4. The molecule has 4 rings (SSSR count). The van der Waals surface area contributed by atoms with E-state index in [1.54, 1.807) is 0 Å². The van der Waals surface area contributed by atoms with E-state index in [0.29, 0.717) is 5.69 Å². The van der Waals surface area contributed by atoms with Crippen LogP contribution in [0.1, 0.15) is 11.3 Å². The highest BCUT2D eigenvalue weighted by atomic mass is 35.5. The summed E-state index contributed by atoms with van der Waals surface area (Å²) in [4.78, 5) is 35.5. The fourth-order valence-electron chi connectivity index (χ4n) is 2.78. The maximum absolute atomic E-state index is 12.2. The van der Waals surface area contributed by atoms with Gasteiger partial charge in [-0.25, -0.2) is 15.0 Å². The second kappa shape index (κ2) is 8.76. The van der Waals surface area contributed by atoms with Crippen LogP contribution in [0.3, 0.4) is 0 Å². The van der Waals surface area contributed by atoms with E-state index < -0.39 is 11.6 Å². The number of urea groups is 1. The maximum Gasteiger partial charge on any atom is 0.347 e. The Hall–Kier alpha value is -4.16. The van der Waals surface area contributed by atoms with E-state index in [1.165, 1.54) is 30.3 Å². The lowest BCUT2D eigenvalue weighted by Crippen LogP contribution is -2.45. The number of carbonyl (C=O) groups is 1. The molecule has 1 aliphatic rings. The monoisotopic (exact) mass is 488 g/mol. The second-order valence-electron chi connectivity index (χ2n) is 6.70. The van der Waals surface area contributed by atoms with Gasteiger partial charge in [-0.2, -0.15) is 10.1 Å². The topological polar surface area (TPSA) is 171 Å². The molecule has 0 radical (unpaired) electrons. The molecular weight excluding hydrogens is 475 g/mol. The zero-order chi connectivity index (χ0) is 23.7. The summed E-state index contributed by atoms with van der Waals surface area (Å²) in [7, 11) is 0. The molecular formula is C19H14Cl2N8O4. The first kappa shape index (κ1) is 22.0. The molecule has 2 aromatic heterocycles. The lowest BCUT2D eigenvalue weighted by Gasteiger charge is -2.24. The minimum Gasteiger partial charge on any atom is -0.434 e. The van der Waals surface area contributed by atoms with Gasteiger partial charge in [0.1, 0.15) is 0 Å². The van der Waals surface area contributed by atoms with Gasteiger partial charge in [0.25, 0.3) is 11.1 Å². The molecule has 1 aliphatic heterocycles. The van der Waals surface area contributed by atoms with Crippen molar-refractivity contribution in [1.29, 1.82) is 0 Å². The van der Waals surface area contributed by atoms with Gasteiger partial charge in [0.05, 0.1) is 27.1 Å². The summed E-state index contributed by atoms with van der Waals surface area (Å²) >= 11 is 12.6. The molecule has 5 N–H and O–H groups in total. The standard InChI is InChI=1S/C19H14Cl2N8O4/c1-8-17(22)28-29(19(32)23-8)11-6-12(20)16(13(21)7-11)33-15-5-9(18(31)27-26-15)4-10-2-3-14(30)25-24-10/h2-3,5-7H,1,4H2,(H2,22,28)(H,23,32)(H,25,30)(H,27,31). The number of H-pyrrole nitrogens is 2. The lowest BCUT2D eigenvalue weighted by atomic mass is 10.1. The summed E-state index contributed by atoms with van der Waals surface area (Å²) in [6.45, 7) is 3.57. The SMILES string of the molecule is C=C1NC(=O)N(c2cc(Cl)c(Oc3cc(Cc4ccc(=O)[nH]n4)c(=O)[nH]n3)c(Cl)c2)N=C1N. The normalized spacial score (nSPS) is 13.5. The summed E-state index contributed by atoms with van der Waals surface area (Å²) in [6, 6.07) is 6.37. The molecule has 12 nitrogen and oxygen atoms in total. The van der Waals surface area contributed by atoms with Crippen LogP contribution in [-0.2, 0) is 6.42 Å². The van der Waals surface area contributed by atoms with E-state index in [-0.39, 0.29) is 56.4 Å². The van der Waals surface area contributed by atoms with E-state index in [0.717, 1.165) is 5.01 Å². The van der Waals surface area contributed by atoms with Crippen molar-refractivity contribution in [3.8, 4) is 11.6 Å². The number of halogens is 2. The van der Waals surface area contributed by atoms with E-state index >= 15 is 0 Å². The van der Waals surface area contributed by atoms with Crippen LogP contribution >= 0.6 is 23.2 Å². The zero-order valence-electron chi connectivity index (χ0n) is 16.6. The fourth-order valence-corrected chi connectivity index (χ4v) is 3.33. The number of benzene rings is 1. The molecule has 168 valence electrons. The van der Waals surface area contributed by atoms with E-state index in [1.807, 2.05) is 0 Å². The molecule has 0 fully saturated rings. The number of hydrogen-bond acceptors (Lipinski definition) is 8. The van der Waals surface area contributed by atoms with Crippen LogP contribution in [-0.4, -0.2) is 32.3 Å². The van der Waals surface area contributed by atoms with Gasteiger partial charge in [0.15, 0.2) is 11.6 Å². The fraction of sp³-hybridized carbons (Fsp3) is 0.0526. The van der Waals surface area contributed by atoms with Crippen LogP contribution in [0.5, 0.6) is 11.6 Å². The molecule has 3 heterocycles. The van der Waals surface area contributed by atoms with Crippen molar-refractivity contribution in [2.24, 2.45) is 10.8 Å². The number of amides is 2. The minimum absolute atomic E-state index is 0.000135. The van der Waals surface area contributed by atoms with Crippen molar-refractivity contribution in [2.75, 3.05) is 5.01 Å². The quantitative estimate of drug-likeness (QED) is 0.424. The van der Waals surface area contributed by atoms with Crippen molar-refractivity contribution in [2.45, 2.75) is 6.42 Å². The summed E-state index contributed by atoms with van der Waals surface area (Å²) in [5.41, 5.74) is 6.02. The predicted octanol–water partition coefficient (Wildman–Crippen LogP) is 1.86. The number of hydrazone groups is 1. The molecule has 3 aromatic rings. The van der Waals surface area contributed by atoms with Gasteiger partial charge in [-0.15, -0.1) is 10.2 Å². The van der Waals surface area contributed by atoms with E-state index in [9.17, 15) is 14.4 Å². The number of nitrogens with one attached hydrogen (secondary N) is 3. The molecule has 0 atom stereocenters. The van der Waals surface area contributed by atoms with Gasteiger partial charge < -0.3 is 15.8 Å². The molecule has 2 amide bonds. The van der Waals surface area contributed by atoms with Crippen LogP contribution in [0.25, 0.3) is 0 Å². The first-order valence-electron chi connectivity index (χ1n) is 9.16. The Morgan fingerprint density at radius 1 is 1.06 bits per heavy atom. The average Bonchev–Trinajstić information content (AvgIpc) is 2.77. The Bertz CT molecular complexity index is 1390. The molecule has 0 bridgehead atoms. The lowest BCUT2D eigenvalue weighted by molar-refractivity contribution is 0.248. The number of anilines is 1. The Morgan fingerprint density at radius 2 is 1.79 bits per heavy atom. The minimum atomic E-state index is -0.599. The Morgan fingerprint density at radius 3 is 2.45 bits per heavy atom. The van der Waals surface area contributed by atoms with Gasteiger partial charge in [-0.3, -0.25) is 9.59 Å². The maximum atomic E-state index is 12.2. The number of amidine groups is 1. The molecule has 33 heavy (non-hydrogen) atoms. The predicted molar refractivity (Wildman–Crippen MR) is 121 cm³/mol. The van der Waals surface area contributed by atoms with Gasteiger partial charge in [0, 0.05) is 24.1 Å².